The molecule has 1 aromatic heterocycles. The van der Waals surface area contributed by atoms with E-state index in [4.69, 9.17) is 23.2 Å². The molecule has 1 fully saturated rings. The molecule has 0 aliphatic carbocycles. The van der Waals surface area contributed by atoms with E-state index in [2.05, 4.69) is 33.9 Å². The molecule has 1 unspecified atom stereocenters. The van der Waals surface area contributed by atoms with Crippen LogP contribution in [0, 0.1) is 6.92 Å². The summed E-state index contributed by atoms with van der Waals surface area (Å²) in [6.45, 7) is 4.77. The van der Waals surface area contributed by atoms with E-state index in [1.54, 1.807) is 0 Å². The van der Waals surface area contributed by atoms with Crippen LogP contribution in [0.25, 0.3) is 0 Å². The molecule has 1 saturated heterocycles. The SMILES string of the molecule is Cc1c(Cl)nc(C2CN(C)CCN2C)nc1Cl. The molecule has 2 rings (SSSR count). The number of likely N-dealkylation sites (N-methyl/N-ethyl adjacent to an activating group) is 2. The topological polar surface area (TPSA) is 32.3 Å². The fourth-order valence-corrected chi connectivity index (χ4v) is 2.32. The molecule has 2 heterocycles. The normalized spacial score (nSPS) is 23.0. The first-order chi connectivity index (χ1) is 7.99. The number of hydrogen-bond acceptors (Lipinski definition) is 4. The molecule has 0 bridgehead atoms. The molecule has 1 aliphatic heterocycles. The molecule has 0 spiro atoms. The van der Waals surface area contributed by atoms with Crippen LogP contribution in [0.4, 0.5) is 0 Å². The van der Waals surface area contributed by atoms with Crippen LogP contribution in [0.15, 0.2) is 0 Å². The number of piperazine rings is 1. The van der Waals surface area contributed by atoms with E-state index < -0.39 is 0 Å². The molecule has 1 atom stereocenters. The average molecular weight is 275 g/mol. The molecule has 0 aromatic carbocycles. The van der Waals surface area contributed by atoms with Crippen LogP contribution in [0.5, 0.6) is 0 Å². The first-order valence-corrected chi connectivity index (χ1v) is 6.33. The van der Waals surface area contributed by atoms with E-state index in [0.29, 0.717) is 16.1 Å². The molecule has 0 saturated carbocycles. The lowest BCUT2D eigenvalue weighted by Crippen LogP contribution is -2.45. The highest BCUT2D eigenvalue weighted by molar-refractivity contribution is 6.34. The third kappa shape index (κ3) is 2.71. The van der Waals surface area contributed by atoms with Crippen molar-refractivity contribution in [1.82, 2.24) is 19.8 Å². The van der Waals surface area contributed by atoms with E-state index in [-0.39, 0.29) is 6.04 Å². The number of hydrogen-bond donors (Lipinski definition) is 0. The van der Waals surface area contributed by atoms with Crippen molar-refractivity contribution in [2.24, 2.45) is 0 Å². The van der Waals surface area contributed by atoms with Crippen molar-refractivity contribution in [2.45, 2.75) is 13.0 Å². The second kappa shape index (κ2) is 5.06. The van der Waals surface area contributed by atoms with Gasteiger partial charge in [-0.25, -0.2) is 9.97 Å². The Bertz CT molecular complexity index is 401. The largest absolute Gasteiger partial charge is 0.303 e. The number of halogens is 2. The summed E-state index contributed by atoms with van der Waals surface area (Å²) < 4.78 is 0. The average Bonchev–Trinajstić information content (AvgIpc) is 2.28. The summed E-state index contributed by atoms with van der Waals surface area (Å²) in [5.74, 6) is 0.708. The maximum absolute atomic E-state index is 6.05. The lowest BCUT2D eigenvalue weighted by atomic mass is 10.1. The van der Waals surface area contributed by atoms with Crippen LogP contribution in [-0.4, -0.2) is 53.5 Å². The number of aromatic nitrogens is 2. The van der Waals surface area contributed by atoms with Crippen LogP contribution in [0.3, 0.4) is 0 Å². The molecule has 0 radical (unpaired) electrons. The van der Waals surface area contributed by atoms with Gasteiger partial charge in [-0.3, -0.25) is 4.90 Å². The van der Waals surface area contributed by atoms with E-state index >= 15 is 0 Å². The van der Waals surface area contributed by atoms with Gasteiger partial charge < -0.3 is 4.90 Å². The monoisotopic (exact) mass is 274 g/mol. The third-order valence-electron chi connectivity index (χ3n) is 3.19. The standard InChI is InChI=1S/C11H16Cl2N4/c1-7-9(12)14-11(15-10(7)13)8-6-16(2)4-5-17(8)3/h8H,4-6H2,1-3H3. The zero-order chi connectivity index (χ0) is 12.6. The minimum absolute atomic E-state index is 0.157. The predicted molar refractivity (Wildman–Crippen MR) is 69.7 cm³/mol. The van der Waals surface area contributed by atoms with Gasteiger partial charge in [-0.05, 0) is 21.0 Å². The van der Waals surface area contributed by atoms with Crippen molar-refractivity contribution in [3.8, 4) is 0 Å². The molecular weight excluding hydrogens is 259 g/mol. The van der Waals surface area contributed by atoms with Crippen LogP contribution >= 0.6 is 23.2 Å². The van der Waals surface area contributed by atoms with Crippen molar-refractivity contribution in [1.29, 1.82) is 0 Å². The Balaban J connectivity index is 2.32. The van der Waals surface area contributed by atoms with Crippen LogP contribution < -0.4 is 0 Å². The molecule has 4 nitrogen and oxygen atoms in total. The molecule has 0 N–H and O–H groups in total. The van der Waals surface area contributed by atoms with Crippen molar-refractivity contribution in [3.63, 3.8) is 0 Å². The van der Waals surface area contributed by atoms with Gasteiger partial charge in [0.1, 0.15) is 16.1 Å². The fraction of sp³-hybridized carbons (Fsp3) is 0.636. The van der Waals surface area contributed by atoms with Crippen molar-refractivity contribution >= 4 is 23.2 Å². The van der Waals surface area contributed by atoms with Crippen LogP contribution in [0.1, 0.15) is 17.4 Å². The van der Waals surface area contributed by atoms with Gasteiger partial charge in [0.2, 0.25) is 0 Å². The Labute approximate surface area is 112 Å². The number of rotatable bonds is 1. The lowest BCUT2D eigenvalue weighted by Gasteiger charge is -2.36. The highest BCUT2D eigenvalue weighted by atomic mass is 35.5. The van der Waals surface area contributed by atoms with Crippen LogP contribution in [-0.2, 0) is 0 Å². The van der Waals surface area contributed by atoms with E-state index in [1.165, 1.54) is 0 Å². The van der Waals surface area contributed by atoms with Crippen molar-refractivity contribution in [2.75, 3.05) is 33.7 Å². The Morgan fingerprint density at radius 1 is 1.12 bits per heavy atom. The van der Waals surface area contributed by atoms with Gasteiger partial charge in [-0.2, -0.15) is 0 Å². The first-order valence-electron chi connectivity index (χ1n) is 5.57. The lowest BCUT2D eigenvalue weighted by molar-refractivity contribution is 0.109. The summed E-state index contributed by atoms with van der Waals surface area (Å²) in [6.07, 6.45) is 0. The van der Waals surface area contributed by atoms with Gasteiger partial charge in [0.15, 0.2) is 0 Å². The molecule has 1 aromatic rings. The Morgan fingerprint density at radius 2 is 1.71 bits per heavy atom. The van der Waals surface area contributed by atoms with Crippen molar-refractivity contribution in [3.05, 3.63) is 21.7 Å². The molecule has 6 heteroatoms. The Hall–Kier alpha value is -0.420. The molecule has 1 aliphatic rings. The third-order valence-corrected chi connectivity index (χ3v) is 3.93. The summed E-state index contributed by atoms with van der Waals surface area (Å²) in [5.41, 5.74) is 0.740. The quantitative estimate of drug-likeness (QED) is 0.734. The number of nitrogens with zero attached hydrogens (tertiary/aromatic N) is 4. The molecule has 0 amide bonds. The van der Waals surface area contributed by atoms with Gasteiger partial charge in [0.05, 0.1) is 6.04 Å². The summed E-state index contributed by atoms with van der Waals surface area (Å²) in [6, 6.07) is 0.157. The highest BCUT2D eigenvalue weighted by Gasteiger charge is 2.27. The summed E-state index contributed by atoms with van der Waals surface area (Å²) in [4.78, 5) is 13.2. The minimum Gasteiger partial charge on any atom is -0.303 e. The maximum atomic E-state index is 6.05. The summed E-state index contributed by atoms with van der Waals surface area (Å²) in [7, 11) is 4.17. The molecule has 94 valence electrons. The van der Waals surface area contributed by atoms with Gasteiger partial charge >= 0.3 is 0 Å². The highest BCUT2D eigenvalue weighted by Crippen LogP contribution is 2.26. The smallest absolute Gasteiger partial charge is 0.150 e. The van der Waals surface area contributed by atoms with E-state index in [9.17, 15) is 0 Å². The first kappa shape index (κ1) is 13.0. The predicted octanol–water partition coefficient (Wildman–Crippen LogP) is 2.01. The van der Waals surface area contributed by atoms with E-state index in [1.807, 2.05) is 6.92 Å². The van der Waals surface area contributed by atoms with Crippen LogP contribution in [0.2, 0.25) is 10.3 Å². The minimum atomic E-state index is 0.157. The Kier molecular flexibility index (Phi) is 3.88. The van der Waals surface area contributed by atoms with Gasteiger partial charge in [-0.1, -0.05) is 23.2 Å². The second-order valence-corrected chi connectivity index (χ2v) is 5.26. The van der Waals surface area contributed by atoms with E-state index in [0.717, 1.165) is 25.2 Å². The van der Waals surface area contributed by atoms with Gasteiger partial charge in [-0.15, -0.1) is 0 Å². The Morgan fingerprint density at radius 3 is 2.29 bits per heavy atom. The summed E-state index contributed by atoms with van der Waals surface area (Å²) >= 11 is 12.1. The summed E-state index contributed by atoms with van der Waals surface area (Å²) in [5, 5.41) is 0.892. The fourth-order valence-electron chi connectivity index (χ4n) is 1.92. The zero-order valence-corrected chi connectivity index (χ0v) is 11.8. The second-order valence-electron chi connectivity index (χ2n) is 4.55. The maximum Gasteiger partial charge on any atom is 0.150 e. The molecule has 17 heavy (non-hydrogen) atoms. The van der Waals surface area contributed by atoms with Gasteiger partial charge in [0, 0.05) is 25.2 Å². The van der Waals surface area contributed by atoms with Crippen molar-refractivity contribution < 1.29 is 0 Å². The zero-order valence-electron chi connectivity index (χ0n) is 10.2. The molecular formula is C11H16Cl2N4. The van der Waals surface area contributed by atoms with Gasteiger partial charge in [0.25, 0.3) is 0 Å².